The van der Waals surface area contributed by atoms with Gasteiger partial charge in [0.2, 0.25) is 0 Å². The number of fused-ring (bicyclic) bond motifs is 4. The summed E-state index contributed by atoms with van der Waals surface area (Å²) in [7, 11) is -1.08. The summed E-state index contributed by atoms with van der Waals surface area (Å²) < 4.78 is 12.6. The van der Waals surface area contributed by atoms with Crippen molar-refractivity contribution >= 4 is 30.3 Å². The molecular formula is C40H38BNO6. The number of hydrogen-bond donors (Lipinski definition) is 2. The second-order valence-electron chi connectivity index (χ2n) is 13.1. The number of aryl methyl sites for hydroxylation is 2. The Bertz CT molecular complexity index is 1900. The number of benzene rings is 3. The van der Waals surface area contributed by atoms with Gasteiger partial charge < -0.3 is 19.5 Å². The highest BCUT2D eigenvalue weighted by molar-refractivity contribution is 6.43. The fraction of sp³-hybridized carbons (Fsp3) is 0.275. The highest BCUT2D eigenvalue weighted by Gasteiger charge is 2.53. The zero-order chi connectivity index (χ0) is 33.4. The molecule has 7 rings (SSSR count). The molecule has 3 aliphatic rings. The van der Waals surface area contributed by atoms with Gasteiger partial charge in [-0.05, 0) is 121 Å². The molecule has 4 aromatic rings. The average Bonchev–Trinajstić information content (AvgIpc) is 3.10. The molecule has 7 nitrogen and oxygen atoms in total. The molecule has 48 heavy (non-hydrogen) atoms. The summed E-state index contributed by atoms with van der Waals surface area (Å²) in [5.74, 6) is -0.516. The van der Waals surface area contributed by atoms with Gasteiger partial charge in [0, 0.05) is 29.2 Å². The van der Waals surface area contributed by atoms with E-state index >= 15 is 0 Å². The SMILES string of the molecule is Cc1cc(/C=C(/CC[C@H]2OB(O)C[C@H]3C2=C(COc2ccccc2)C[C@H]2C(=O)c4ccccc4C(=O)[C@H]23)c2ccccn2)cc(C)c1O. The first-order valence-electron chi connectivity index (χ1n) is 16.6. The second-order valence-corrected chi connectivity index (χ2v) is 13.1. The maximum Gasteiger partial charge on any atom is 0.455 e. The third-order valence-electron chi connectivity index (χ3n) is 10.0. The van der Waals surface area contributed by atoms with Crippen molar-refractivity contribution in [2.24, 2.45) is 17.8 Å². The molecule has 0 amide bonds. The van der Waals surface area contributed by atoms with Gasteiger partial charge in [0.15, 0.2) is 11.6 Å². The molecule has 3 aromatic carbocycles. The molecule has 0 bridgehead atoms. The number of carbonyl (C=O) groups excluding carboxylic acids is 2. The van der Waals surface area contributed by atoms with Crippen LogP contribution in [0.3, 0.4) is 0 Å². The first kappa shape index (κ1) is 31.8. The highest BCUT2D eigenvalue weighted by atomic mass is 16.5. The number of aromatic hydroxyl groups is 1. The monoisotopic (exact) mass is 639 g/mol. The van der Waals surface area contributed by atoms with Crippen LogP contribution in [0.15, 0.2) is 102 Å². The van der Waals surface area contributed by atoms with Crippen molar-refractivity contribution < 1.29 is 29.1 Å². The van der Waals surface area contributed by atoms with Gasteiger partial charge in [-0.2, -0.15) is 0 Å². The summed E-state index contributed by atoms with van der Waals surface area (Å²) in [5, 5.41) is 21.5. The zero-order valence-corrected chi connectivity index (χ0v) is 27.1. The topological polar surface area (TPSA) is 106 Å². The van der Waals surface area contributed by atoms with Gasteiger partial charge in [0.1, 0.15) is 18.1 Å². The number of aromatic nitrogens is 1. The summed E-state index contributed by atoms with van der Waals surface area (Å²) in [6, 6.07) is 26.4. The lowest BCUT2D eigenvalue weighted by molar-refractivity contribution is 0.0593. The quantitative estimate of drug-likeness (QED) is 0.154. The van der Waals surface area contributed by atoms with E-state index in [1.165, 1.54) is 0 Å². The molecule has 0 saturated carbocycles. The predicted octanol–water partition coefficient (Wildman–Crippen LogP) is 7.31. The van der Waals surface area contributed by atoms with Crippen molar-refractivity contribution in [3.63, 3.8) is 0 Å². The fourth-order valence-corrected chi connectivity index (χ4v) is 7.88. The lowest BCUT2D eigenvalue weighted by Crippen LogP contribution is -2.51. The summed E-state index contributed by atoms with van der Waals surface area (Å²) in [6.07, 6.45) is 5.07. The Labute approximate surface area is 281 Å². The number of phenols is 1. The molecule has 2 heterocycles. The normalized spacial score (nSPS) is 22.2. The van der Waals surface area contributed by atoms with Gasteiger partial charge in [-0.15, -0.1) is 0 Å². The van der Waals surface area contributed by atoms with E-state index in [9.17, 15) is 19.7 Å². The first-order valence-corrected chi connectivity index (χ1v) is 16.6. The van der Waals surface area contributed by atoms with Crippen LogP contribution in [0, 0.1) is 31.6 Å². The number of para-hydroxylation sites is 1. The molecule has 1 fully saturated rings. The number of ether oxygens (including phenoxy) is 1. The van der Waals surface area contributed by atoms with Crippen LogP contribution >= 0.6 is 0 Å². The van der Waals surface area contributed by atoms with E-state index in [4.69, 9.17) is 9.39 Å². The van der Waals surface area contributed by atoms with Crippen molar-refractivity contribution in [3.05, 3.63) is 136 Å². The minimum absolute atomic E-state index is 0.0242. The number of rotatable bonds is 8. The van der Waals surface area contributed by atoms with Gasteiger partial charge in [-0.3, -0.25) is 14.6 Å². The Balaban J connectivity index is 1.27. The maximum absolute atomic E-state index is 14.1. The maximum atomic E-state index is 14.1. The molecule has 0 spiro atoms. The van der Waals surface area contributed by atoms with Crippen LogP contribution in [-0.4, -0.2) is 46.5 Å². The Kier molecular flexibility index (Phi) is 8.86. The third kappa shape index (κ3) is 6.14. The number of nitrogens with zero attached hydrogens (tertiary/aromatic N) is 1. The highest BCUT2D eigenvalue weighted by Crippen LogP contribution is 2.51. The Morgan fingerprint density at radius 1 is 0.938 bits per heavy atom. The van der Waals surface area contributed by atoms with E-state index in [1.54, 1.807) is 30.5 Å². The molecule has 1 aliphatic heterocycles. The number of allylic oxidation sites excluding steroid dienone is 1. The molecule has 242 valence electrons. The van der Waals surface area contributed by atoms with Crippen LogP contribution in [0.5, 0.6) is 11.5 Å². The first-order chi connectivity index (χ1) is 23.3. The Morgan fingerprint density at radius 2 is 1.62 bits per heavy atom. The largest absolute Gasteiger partial charge is 0.507 e. The van der Waals surface area contributed by atoms with Gasteiger partial charge in [0.05, 0.1) is 11.8 Å². The van der Waals surface area contributed by atoms with Crippen molar-refractivity contribution in [3.8, 4) is 11.5 Å². The molecule has 2 N–H and O–H groups in total. The summed E-state index contributed by atoms with van der Waals surface area (Å²) in [6.45, 7) is 4.03. The molecule has 1 aromatic heterocycles. The number of pyridine rings is 1. The van der Waals surface area contributed by atoms with Gasteiger partial charge >= 0.3 is 7.12 Å². The smallest absolute Gasteiger partial charge is 0.455 e. The van der Waals surface area contributed by atoms with E-state index in [0.29, 0.717) is 36.1 Å². The molecule has 1 saturated heterocycles. The molecule has 2 aliphatic carbocycles. The molecule has 8 heteroatoms. The van der Waals surface area contributed by atoms with Gasteiger partial charge in [0.25, 0.3) is 0 Å². The lowest BCUT2D eigenvalue weighted by Gasteiger charge is -2.47. The Morgan fingerprint density at radius 3 is 2.33 bits per heavy atom. The third-order valence-corrected chi connectivity index (χ3v) is 10.0. The van der Waals surface area contributed by atoms with Crippen LogP contribution in [0.1, 0.15) is 62.4 Å². The summed E-state index contributed by atoms with van der Waals surface area (Å²) >= 11 is 0. The minimum Gasteiger partial charge on any atom is -0.507 e. The van der Waals surface area contributed by atoms with Gasteiger partial charge in [-0.25, -0.2) is 0 Å². The summed E-state index contributed by atoms with van der Waals surface area (Å²) in [4.78, 5) is 32.7. The van der Waals surface area contributed by atoms with Crippen LogP contribution in [0.4, 0.5) is 0 Å². The lowest BCUT2D eigenvalue weighted by atomic mass is 9.54. The van der Waals surface area contributed by atoms with E-state index in [2.05, 4.69) is 11.1 Å². The van der Waals surface area contributed by atoms with Crippen molar-refractivity contribution in [1.82, 2.24) is 4.98 Å². The minimum atomic E-state index is -1.08. The zero-order valence-electron chi connectivity index (χ0n) is 27.1. The number of phenolic OH excluding ortho intramolecular Hbond substituents is 1. The second kappa shape index (κ2) is 13.4. The van der Waals surface area contributed by atoms with Crippen LogP contribution in [-0.2, 0) is 4.65 Å². The molecule has 0 unspecified atom stereocenters. The van der Waals surface area contributed by atoms with Crippen LogP contribution in [0.25, 0.3) is 11.6 Å². The number of Topliss-reactive ketones (excluding diaryl/α,β-unsaturated/α-hetero) is 2. The number of carbonyl (C=O) groups is 2. The van der Waals surface area contributed by atoms with Crippen molar-refractivity contribution in [2.75, 3.05) is 6.61 Å². The summed E-state index contributed by atoms with van der Waals surface area (Å²) in [5.41, 5.74) is 7.20. The van der Waals surface area contributed by atoms with Crippen LogP contribution < -0.4 is 4.74 Å². The van der Waals surface area contributed by atoms with E-state index in [1.807, 2.05) is 74.5 Å². The Hall–Kier alpha value is -4.79. The van der Waals surface area contributed by atoms with E-state index in [0.717, 1.165) is 39.1 Å². The van der Waals surface area contributed by atoms with E-state index in [-0.39, 0.29) is 36.2 Å². The average molecular weight is 640 g/mol. The molecule has 0 radical (unpaired) electrons. The van der Waals surface area contributed by atoms with Crippen LogP contribution in [0.2, 0.25) is 6.32 Å². The number of hydrogen-bond acceptors (Lipinski definition) is 7. The molecular weight excluding hydrogens is 601 g/mol. The van der Waals surface area contributed by atoms with E-state index < -0.39 is 25.1 Å². The molecule has 4 atom stereocenters. The standard InChI is InChI=1S/C40H38BNO6/c1-24-18-26(19-25(2)38(24)43)20-27(34-14-8-9-17-42-34)15-16-35-36-28(23-47-29-10-4-3-5-11-29)21-32-37(33(36)22-41(46)48-35)40(45)31-13-7-6-12-30(31)39(32)44/h3-14,17-20,32-33,35,37,43,46H,15-16,21-23H2,1-2H3/b27-20-/t32-,33+,35-,37-/m1/s1. The number of ketones is 2. The van der Waals surface area contributed by atoms with Crippen molar-refractivity contribution in [1.29, 1.82) is 0 Å². The van der Waals surface area contributed by atoms with Crippen molar-refractivity contribution in [2.45, 2.75) is 45.5 Å². The van der Waals surface area contributed by atoms with Gasteiger partial charge in [-0.1, -0.05) is 48.5 Å². The fourth-order valence-electron chi connectivity index (χ4n) is 7.88. The predicted molar refractivity (Wildman–Crippen MR) is 186 cm³/mol.